The molecule has 3 heterocycles. The molecule has 1 aliphatic rings. The zero-order chi connectivity index (χ0) is 28.4. The van der Waals surface area contributed by atoms with E-state index in [0.717, 1.165) is 0 Å². The third-order valence-electron chi connectivity index (χ3n) is 6.40. The highest BCUT2D eigenvalue weighted by atomic mass is 31.2. The van der Waals surface area contributed by atoms with Crippen LogP contribution in [-0.2, 0) is 24.2 Å². The van der Waals surface area contributed by atoms with Crippen molar-refractivity contribution in [1.29, 1.82) is 5.26 Å². The van der Waals surface area contributed by atoms with Gasteiger partial charge in [-0.1, -0.05) is 18.2 Å². The molecule has 0 amide bonds. The average molecular weight is 561 g/mol. The Morgan fingerprint density at radius 1 is 1.28 bits per heavy atom. The fourth-order valence-electron chi connectivity index (χ4n) is 4.37. The summed E-state index contributed by atoms with van der Waals surface area (Å²) in [4.78, 5) is 3.93. The third kappa shape index (κ3) is 5.64. The topological polar surface area (TPSA) is 186 Å². The Balaban J connectivity index is 1.60. The summed E-state index contributed by atoms with van der Waals surface area (Å²) in [5.74, 6) is 0.441. The van der Waals surface area contributed by atoms with Crippen molar-refractivity contribution in [2.75, 3.05) is 18.9 Å². The Morgan fingerprint density at radius 3 is 2.67 bits per heavy atom. The first-order chi connectivity index (χ1) is 18.4. The number of benzene rings is 1. The summed E-state index contributed by atoms with van der Waals surface area (Å²) in [7, 11) is -4.06. The Morgan fingerprint density at radius 2 is 2.00 bits per heavy atom. The van der Waals surface area contributed by atoms with Gasteiger partial charge in [0.05, 0.1) is 25.0 Å². The molecule has 14 heteroatoms. The molecule has 0 radical (unpaired) electrons. The number of nitrogens with zero attached hydrogens (tertiary/aromatic N) is 4. The standard InChI is InChI=1S/C25H33N6O7P/c1-16(2)35-12-17(3)30-39(34,38-18-8-6-5-7-9-18)36-13-20-22(32)24(4,33)25(14-26,37-20)21-11-10-19-23(27)28-15-29-31(19)21/h5-11,15-17,20,22,32-33H,12-13H2,1-4H3,(H,30,34)(H2,27,28,29). The minimum atomic E-state index is -4.06. The van der Waals surface area contributed by atoms with Crippen LogP contribution in [0, 0.1) is 11.3 Å². The van der Waals surface area contributed by atoms with Gasteiger partial charge in [0.1, 0.15) is 41.5 Å². The molecule has 0 aliphatic carbocycles. The maximum Gasteiger partial charge on any atom is 0.459 e. The summed E-state index contributed by atoms with van der Waals surface area (Å²) in [6.45, 7) is 6.52. The number of nitrogens with one attached hydrogen (secondary N) is 1. The Labute approximate surface area is 226 Å². The van der Waals surface area contributed by atoms with Crippen LogP contribution < -0.4 is 15.3 Å². The molecular formula is C25H33N6O7P. The summed E-state index contributed by atoms with van der Waals surface area (Å²) >= 11 is 0. The molecule has 1 fully saturated rings. The van der Waals surface area contributed by atoms with Gasteiger partial charge in [0.25, 0.3) is 0 Å². The fraction of sp³-hybridized carbons (Fsp3) is 0.480. The Kier molecular flexibility index (Phi) is 8.30. The van der Waals surface area contributed by atoms with E-state index in [9.17, 15) is 20.0 Å². The molecule has 1 saturated heterocycles. The number of ether oxygens (including phenoxy) is 2. The van der Waals surface area contributed by atoms with Gasteiger partial charge >= 0.3 is 7.75 Å². The van der Waals surface area contributed by atoms with Crippen LogP contribution in [0.15, 0.2) is 48.8 Å². The predicted octanol–water partition coefficient (Wildman–Crippen LogP) is 2.15. The van der Waals surface area contributed by atoms with E-state index in [1.807, 2.05) is 19.9 Å². The van der Waals surface area contributed by atoms with Gasteiger partial charge < -0.3 is 29.9 Å². The molecule has 4 rings (SSSR count). The maximum absolute atomic E-state index is 13.8. The number of aliphatic hydroxyl groups is 2. The zero-order valence-electron chi connectivity index (χ0n) is 22.1. The van der Waals surface area contributed by atoms with E-state index in [2.05, 4.69) is 15.2 Å². The molecule has 0 saturated carbocycles. The van der Waals surface area contributed by atoms with Gasteiger partial charge in [-0.25, -0.2) is 19.2 Å². The molecule has 1 aromatic carbocycles. The SMILES string of the molecule is CC(COC(C)C)NP(=O)(OCC1OC(C#N)(c2ccc3c(N)ncnn23)C(C)(O)C1O)Oc1ccccc1. The van der Waals surface area contributed by atoms with Crippen LogP contribution in [0.25, 0.3) is 5.52 Å². The van der Waals surface area contributed by atoms with Crippen LogP contribution in [0.4, 0.5) is 5.82 Å². The number of fused-ring (bicyclic) bond motifs is 1. The molecule has 0 spiro atoms. The van der Waals surface area contributed by atoms with E-state index >= 15 is 0 Å². The normalized spacial score (nSPS) is 27.3. The van der Waals surface area contributed by atoms with Crippen molar-refractivity contribution in [3.8, 4) is 11.8 Å². The fourth-order valence-corrected chi connectivity index (χ4v) is 5.90. The van der Waals surface area contributed by atoms with Crippen molar-refractivity contribution in [3.63, 3.8) is 0 Å². The smallest absolute Gasteiger partial charge is 0.413 e. The number of nitriles is 1. The van der Waals surface area contributed by atoms with E-state index in [1.165, 1.54) is 23.8 Å². The number of hydrogen-bond donors (Lipinski definition) is 4. The molecule has 2 aromatic heterocycles. The maximum atomic E-state index is 13.8. The first kappa shape index (κ1) is 28.9. The van der Waals surface area contributed by atoms with Crippen LogP contribution in [0.5, 0.6) is 5.75 Å². The highest BCUT2D eigenvalue weighted by molar-refractivity contribution is 7.52. The van der Waals surface area contributed by atoms with Crippen LogP contribution in [0.3, 0.4) is 0 Å². The van der Waals surface area contributed by atoms with Gasteiger partial charge in [-0.05, 0) is 52.0 Å². The van der Waals surface area contributed by atoms with Crippen LogP contribution >= 0.6 is 7.75 Å². The number of rotatable bonds is 11. The van der Waals surface area contributed by atoms with Gasteiger partial charge in [0.15, 0.2) is 5.82 Å². The lowest BCUT2D eigenvalue weighted by molar-refractivity contribution is -0.109. The quantitative estimate of drug-likeness (QED) is 0.251. The minimum absolute atomic E-state index is 0.0428. The predicted molar refractivity (Wildman–Crippen MR) is 141 cm³/mol. The molecule has 13 nitrogen and oxygen atoms in total. The summed E-state index contributed by atoms with van der Waals surface area (Å²) in [6.07, 6.45) is -1.74. The largest absolute Gasteiger partial charge is 0.459 e. The molecule has 5 N–H and O–H groups in total. The second kappa shape index (κ2) is 11.2. The van der Waals surface area contributed by atoms with Gasteiger partial charge in [-0.15, -0.1) is 0 Å². The molecular weight excluding hydrogens is 527 g/mol. The highest BCUT2D eigenvalue weighted by Crippen LogP contribution is 2.50. The van der Waals surface area contributed by atoms with Crippen molar-refractivity contribution in [1.82, 2.24) is 19.7 Å². The minimum Gasteiger partial charge on any atom is -0.413 e. The van der Waals surface area contributed by atoms with Crippen molar-refractivity contribution in [3.05, 3.63) is 54.5 Å². The lowest BCUT2D eigenvalue weighted by atomic mass is 9.80. The molecule has 0 bridgehead atoms. The van der Waals surface area contributed by atoms with Crippen molar-refractivity contribution in [2.45, 2.75) is 63.3 Å². The van der Waals surface area contributed by atoms with E-state index in [4.69, 9.17) is 24.3 Å². The second-order valence-electron chi connectivity index (χ2n) is 9.81. The first-order valence-corrected chi connectivity index (χ1v) is 13.9. The van der Waals surface area contributed by atoms with Gasteiger partial charge in [-0.2, -0.15) is 10.4 Å². The molecule has 6 unspecified atom stereocenters. The number of hydrogen-bond acceptors (Lipinski definition) is 11. The molecule has 6 atom stereocenters. The van der Waals surface area contributed by atoms with Crippen LogP contribution in [0.2, 0.25) is 0 Å². The van der Waals surface area contributed by atoms with Crippen molar-refractivity contribution >= 4 is 19.1 Å². The number of nitrogens with two attached hydrogens (primary N) is 1. The van der Waals surface area contributed by atoms with Gasteiger partial charge in [-0.3, -0.25) is 4.52 Å². The number of nitrogen functional groups attached to an aromatic ring is 1. The van der Waals surface area contributed by atoms with E-state index < -0.39 is 43.8 Å². The van der Waals surface area contributed by atoms with E-state index in [0.29, 0.717) is 5.52 Å². The summed E-state index contributed by atoms with van der Waals surface area (Å²) in [5, 5.41) is 39.7. The van der Waals surface area contributed by atoms with E-state index in [1.54, 1.807) is 43.3 Å². The second-order valence-corrected chi connectivity index (χ2v) is 11.5. The van der Waals surface area contributed by atoms with Gasteiger partial charge in [0, 0.05) is 6.04 Å². The molecule has 39 heavy (non-hydrogen) atoms. The molecule has 1 aliphatic heterocycles. The van der Waals surface area contributed by atoms with Crippen molar-refractivity contribution < 1.29 is 33.3 Å². The van der Waals surface area contributed by atoms with E-state index in [-0.39, 0.29) is 30.0 Å². The number of anilines is 1. The Bertz CT molecular complexity index is 1380. The number of aromatic nitrogens is 3. The van der Waals surface area contributed by atoms with Crippen molar-refractivity contribution in [2.24, 2.45) is 0 Å². The Hall–Kier alpha value is -3.08. The summed E-state index contributed by atoms with van der Waals surface area (Å²) < 4.78 is 38.2. The van der Waals surface area contributed by atoms with Crippen LogP contribution in [-0.4, -0.2) is 68.0 Å². The van der Waals surface area contributed by atoms with Gasteiger partial charge in [0.2, 0.25) is 5.60 Å². The summed E-state index contributed by atoms with van der Waals surface area (Å²) in [6, 6.07) is 13.1. The number of para-hydroxylation sites is 1. The lowest BCUT2D eigenvalue weighted by Gasteiger charge is -2.33. The first-order valence-electron chi connectivity index (χ1n) is 12.4. The highest BCUT2D eigenvalue weighted by Gasteiger charge is 2.65. The third-order valence-corrected chi connectivity index (χ3v) is 8.10. The number of aliphatic hydroxyl groups excluding tert-OH is 1. The van der Waals surface area contributed by atoms with Crippen LogP contribution in [0.1, 0.15) is 33.4 Å². The summed E-state index contributed by atoms with van der Waals surface area (Å²) in [5.41, 5.74) is 2.23. The lowest BCUT2D eigenvalue weighted by Crippen LogP contribution is -2.52. The monoisotopic (exact) mass is 560 g/mol. The molecule has 210 valence electrons. The molecule has 3 aromatic rings. The average Bonchev–Trinajstić information content (AvgIpc) is 3.41. The zero-order valence-corrected chi connectivity index (χ0v) is 23.0.